The van der Waals surface area contributed by atoms with Gasteiger partial charge in [-0.15, -0.1) is 0 Å². The van der Waals surface area contributed by atoms with E-state index >= 15 is 0 Å². The second-order valence-electron chi connectivity index (χ2n) is 15.5. The Morgan fingerprint density at radius 2 is 1.40 bits per heavy atom. The maximum Gasteiger partial charge on any atom is 0.136 e. The van der Waals surface area contributed by atoms with Gasteiger partial charge in [0.15, 0.2) is 0 Å². The monoisotopic (exact) mass is 671 g/mol. The zero-order valence-corrected chi connectivity index (χ0v) is 29.9. The summed E-state index contributed by atoms with van der Waals surface area (Å²) in [6.45, 7) is 7.02. The maximum absolute atomic E-state index is 6.47. The largest absolute Gasteiger partial charge is 0.456 e. The van der Waals surface area contributed by atoms with Crippen LogP contribution in [0.15, 0.2) is 174 Å². The van der Waals surface area contributed by atoms with E-state index in [2.05, 4.69) is 190 Å². The first-order valence-electron chi connectivity index (χ1n) is 18.6. The zero-order valence-electron chi connectivity index (χ0n) is 29.9. The predicted molar refractivity (Wildman–Crippen MR) is 219 cm³/mol. The molecule has 1 heterocycles. The quantitative estimate of drug-likeness (QED) is 0.181. The fourth-order valence-corrected chi connectivity index (χ4v) is 9.11. The highest BCUT2D eigenvalue weighted by Gasteiger charge is 2.36. The zero-order chi connectivity index (χ0) is 35.0. The predicted octanol–water partition coefficient (Wildman–Crippen LogP) is 13.6. The van der Waals surface area contributed by atoms with Crippen LogP contribution < -0.4 is 4.90 Å². The smallest absolute Gasteiger partial charge is 0.136 e. The van der Waals surface area contributed by atoms with Crippen molar-refractivity contribution in [1.82, 2.24) is 0 Å². The third-order valence-corrected chi connectivity index (χ3v) is 12.0. The van der Waals surface area contributed by atoms with Crippen molar-refractivity contribution in [2.45, 2.75) is 39.0 Å². The molecule has 52 heavy (non-hydrogen) atoms. The van der Waals surface area contributed by atoms with E-state index in [9.17, 15) is 0 Å². The van der Waals surface area contributed by atoms with Gasteiger partial charge in [0.2, 0.25) is 0 Å². The Balaban J connectivity index is 0.990. The fourth-order valence-electron chi connectivity index (χ4n) is 9.11. The Labute approximate surface area is 306 Å². The lowest BCUT2D eigenvalue weighted by atomic mass is 9.67. The van der Waals surface area contributed by atoms with Crippen LogP contribution in [0, 0.1) is 11.3 Å². The Morgan fingerprint density at radius 1 is 0.615 bits per heavy atom. The molecule has 2 atom stereocenters. The standard InChI is InChI=1S/C50H41NO/c1-49(2)44-16-8-7-14-40(44)41-26-24-38(32-46(41)49)51(36-12-5-4-6-13-36)37-22-18-33(19-23-37)34-21-27-47-43(30-34)42-25-20-35(31-48(42)52-47)39-15-11-29-50(3)28-10-9-17-45(39)50/h4-5,7-12,14-32,45H,6,13H2,1-3H3. The number of hydrogen-bond donors (Lipinski definition) is 0. The first-order chi connectivity index (χ1) is 25.4. The molecule has 0 N–H and O–H groups in total. The van der Waals surface area contributed by atoms with Crippen molar-refractivity contribution in [2.24, 2.45) is 11.3 Å². The van der Waals surface area contributed by atoms with Crippen molar-refractivity contribution in [3.63, 3.8) is 0 Å². The molecular weight excluding hydrogens is 631 g/mol. The van der Waals surface area contributed by atoms with Gasteiger partial charge in [0.25, 0.3) is 0 Å². The van der Waals surface area contributed by atoms with Crippen LogP contribution in [-0.2, 0) is 5.41 Å². The third kappa shape index (κ3) is 4.78. The lowest BCUT2D eigenvalue weighted by molar-refractivity contribution is 0.464. The van der Waals surface area contributed by atoms with Gasteiger partial charge in [-0.25, -0.2) is 0 Å². The molecule has 10 rings (SSSR count). The molecule has 0 spiro atoms. The van der Waals surface area contributed by atoms with E-state index in [0.29, 0.717) is 5.92 Å². The highest BCUT2D eigenvalue weighted by molar-refractivity contribution is 6.07. The van der Waals surface area contributed by atoms with Gasteiger partial charge in [0.05, 0.1) is 0 Å². The Bertz CT molecular complexity index is 2620. The highest BCUT2D eigenvalue weighted by atomic mass is 16.3. The number of rotatable bonds is 5. The summed E-state index contributed by atoms with van der Waals surface area (Å²) in [4.78, 5) is 2.45. The molecule has 2 unspecified atom stereocenters. The number of allylic oxidation sites excluding steroid dienone is 12. The number of anilines is 2. The van der Waals surface area contributed by atoms with Crippen LogP contribution >= 0.6 is 0 Å². The minimum atomic E-state index is -0.0496. The molecule has 6 aromatic rings. The third-order valence-electron chi connectivity index (χ3n) is 12.0. The molecule has 1 aromatic heterocycles. The highest BCUT2D eigenvalue weighted by Crippen LogP contribution is 2.51. The summed E-state index contributed by atoms with van der Waals surface area (Å²) in [5.41, 5.74) is 15.9. The van der Waals surface area contributed by atoms with Gasteiger partial charge in [0.1, 0.15) is 11.2 Å². The molecule has 0 fully saturated rings. The normalized spacial score (nSPS) is 20.8. The molecule has 0 saturated heterocycles. The van der Waals surface area contributed by atoms with Gasteiger partial charge >= 0.3 is 0 Å². The molecule has 2 heteroatoms. The molecule has 252 valence electrons. The van der Waals surface area contributed by atoms with E-state index in [-0.39, 0.29) is 10.8 Å². The summed E-state index contributed by atoms with van der Waals surface area (Å²) < 4.78 is 6.47. The minimum Gasteiger partial charge on any atom is -0.456 e. The molecule has 0 bridgehead atoms. The van der Waals surface area contributed by atoms with E-state index in [1.165, 1.54) is 61.6 Å². The maximum atomic E-state index is 6.47. The van der Waals surface area contributed by atoms with Crippen LogP contribution in [0.1, 0.15) is 50.3 Å². The molecule has 0 radical (unpaired) electrons. The van der Waals surface area contributed by atoms with Crippen molar-refractivity contribution in [3.8, 4) is 22.3 Å². The Hall–Kier alpha value is -5.86. The Morgan fingerprint density at radius 3 is 2.27 bits per heavy atom. The molecule has 4 aliphatic rings. The van der Waals surface area contributed by atoms with E-state index in [4.69, 9.17) is 4.42 Å². The van der Waals surface area contributed by atoms with Crippen LogP contribution in [-0.4, -0.2) is 0 Å². The van der Waals surface area contributed by atoms with Crippen LogP contribution in [0.3, 0.4) is 0 Å². The number of hydrogen-bond acceptors (Lipinski definition) is 2. The number of furan rings is 1. The van der Waals surface area contributed by atoms with E-state index in [0.717, 1.165) is 34.8 Å². The van der Waals surface area contributed by atoms with Crippen molar-refractivity contribution >= 4 is 38.9 Å². The van der Waals surface area contributed by atoms with Gasteiger partial charge in [0, 0.05) is 44.6 Å². The van der Waals surface area contributed by atoms with Gasteiger partial charge in [-0.05, 0) is 112 Å². The summed E-state index contributed by atoms with van der Waals surface area (Å²) in [7, 11) is 0. The summed E-state index contributed by atoms with van der Waals surface area (Å²) in [6.07, 6.45) is 24.5. The van der Waals surface area contributed by atoms with E-state index < -0.39 is 0 Å². The van der Waals surface area contributed by atoms with Crippen LogP contribution in [0.5, 0.6) is 0 Å². The summed E-state index contributed by atoms with van der Waals surface area (Å²) in [6, 6.07) is 38.4. The number of benzene rings is 5. The summed E-state index contributed by atoms with van der Waals surface area (Å²) >= 11 is 0. The van der Waals surface area contributed by atoms with Gasteiger partial charge < -0.3 is 9.32 Å². The molecule has 0 saturated carbocycles. The van der Waals surface area contributed by atoms with Crippen molar-refractivity contribution in [2.75, 3.05) is 4.90 Å². The average Bonchev–Trinajstić information content (AvgIpc) is 3.66. The first kappa shape index (κ1) is 30.9. The molecule has 2 nitrogen and oxygen atoms in total. The van der Waals surface area contributed by atoms with Gasteiger partial charge in [-0.1, -0.05) is 130 Å². The van der Waals surface area contributed by atoms with Crippen molar-refractivity contribution < 1.29 is 4.42 Å². The average molecular weight is 672 g/mol. The second-order valence-corrected chi connectivity index (χ2v) is 15.5. The minimum absolute atomic E-state index is 0.00181. The molecule has 5 aromatic carbocycles. The fraction of sp³-hybridized carbons (Fsp3) is 0.160. The molecular formula is C50H41NO. The first-order valence-corrected chi connectivity index (χ1v) is 18.6. The number of nitrogens with zero attached hydrogens (tertiary/aromatic N) is 1. The molecule has 0 amide bonds. The lowest BCUT2D eigenvalue weighted by Crippen LogP contribution is -2.26. The molecule has 0 aliphatic heterocycles. The van der Waals surface area contributed by atoms with Crippen molar-refractivity contribution in [3.05, 3.63) is 186 Å². The SMILES string of the molecule is CC1(C)c2ccccc2-c2ccc(N(C3=CC=CCC3)c3ccc(-c4ccc5oc6cc(C7=CC=CC8(C)C=CC=CC78)ccc6c5c4)cc3)cc21. The summed E-state index contributed by atoms with van der Waals surface area (Å²) in [5, 5.41) is 2.30. The van der Waals surface area contributed by atoms with E-state index in [1.54, 1.807) is 0 Å². The van der Waals surface area contributed by atoms with E-state index in [1.807, 2.05) is 0 Å². The van der Waals surface area contributed by atoms with Crippen LogP contribution in [0.25, 0.3) is 49.8 Å². The van der Waals surface area contributed by atoms with Crippen LogP contribution in [0.4, 0.5) is 11.4 Å². The summed E-state index contributed by atoms with van der Waals surface area (Å²) in [5.74, 6) is 0.312. The lowest BCUT2D eigenvalue weighted by Gasteiger charge is -2.36. The Kier molecular flexibility index (Phi) is 6.89. The van der Waals surface area contributed by atoms with Gasteiger partial charge in [-0.3, -0.25) is 0 Å². The van der Waals surface area contributed by atoms with Gasteiger partial charge in [-0.2, -0.15) is 0 Å². The second kappa shape index (κ2) is 11.6. The topological polar surface area (TPSA) is 16.4 Å². The van der Waals surface area contributed by atoms with Crippen LogP contribution in [0.2, 0.25) is 0 Å². The molecule has 4 aliphatic carbocycles. The van der Waals surface area contributed by atoms with Crippen molar-refractivity contribution in [1.29, 1.82) is 0 Å². The number of fused-ring (bicyclic) bond motifs is 7.